The molecule has 2 aromatic heterocycles. The van der Waals surface area contributed by atoms with E-state index in [1.807, 2.05) is 0 Å². The fourth-order valence-electron chi connectivity index (χ4n) is 2.29. The minimum Gasteiger partial charge on any atom is -0.324 e. The standard InChI is InChI=1S/C16H11ClF3N5O3S/c1-8(14(26)21-12-6-10(25(27)28)3-4-11(12)17)29-15-23-22-13-5-2-9(7-24(13)15)16(18,19)20/h2-8H,1H3,(H,21,26). The first-order chi connectivity index (χ1) is 13.6. The van der Waals surface area contributed by atoms with Crippen LogP contribution >= 0.6 is 23.4 Å². The quantitative estimate of drug-likeness (QED) is 0.354. The molecular formula is C16H11ClF3N5O3S. The second-order valence-electron chi connectivity index (χ2n) is 5.80. The van der Waals surface area contributed by atoms with Gasteiger partial charge in [-0.1, -0.05) is 23.4 Å². The van der Waals surface area contributed by atoms with Gasteiger partial charge in [0.15, 0.2) is 10.8 Å². The van der Waals surface area contributed by atoms with E-state index >= 15 is 0 Å². The van der Waals surface area contributed by atoms with E-state index in [4.69, 9.17) is 11.6 Å². The number of amides is 1. The molecule has 0 bridgehead atoms. The largest absolute Gasteiger partial charge is 0.417 e. The zero-order chi connectivity index (χ0) is 21.3. The van der Waals surface area contributed by atoms with Gasteiger partial charge in [-0.05, 0) is 25.1 Å². The second kappa shape index (κ2) is 7.87. The Hall–Kier alpha value is -2.86. The number of pyridine rings is 1. The summed E-state index contributed by atoms with van der Waals surface area (Å²) in [6.07, 6.45) is -3.69. The minimum atomic E-state index is -4.54. The lowest BCUT2D eigenvalue weighted by atomic mass is 10.2. The van der Waals surface area contributed by atoms with Crippen LogP contribution in [0.3, 0.4) is 0 Å². The molecule has 1 N–H and O–H groups in total. The van der Waals surface area contributed by atoms with Gasteiger partial charge in [-0.2, -0.15) is 13.2 Å². The van der Waals surface area contributed by atoms with Gasteiger partial charge in [0, 0.05) is 18.3 Å². The zero-order valence-corrected chi connectivity index (χ0v) is 16.0. The van der Waals surface area contributed by atoms with Crippen LogP contribution in [0.1, 0.15) is 12.5 Å². The number of nitrogens with zero attached hydrogens (tertiary/aromatic N) is 4. The molecule has 152 valence electrons. The van der Waals surface area contributed by atoms with Crippen LogP contribution < -0.4 is 5.32 Å². The summed E-state index contributed by atoms with van der Waals surface area (Å²) in [4.78, 5) is 22.7. The molecule has 1 unspecified atom stereocenters. The van der Waals surface area contributed by atoms with Gasteiger partial charge in [0.1, 0.15) is 0 Å². The fourth-order valence-corrected chi connectivity index (χ4v) is 3.28. The number of nitrogens with one attached hydrogen (secondary N) is 1. The summed E-state index contributed by atoms with van der Waals surface area (Å²) in [5.41, 5.74) is -0.904. The Morgan fingerprint density at radius 1 is 1.31 bits per heavy atom. The molecule has 1 atom stereocenters. The highest BCUT2D eigenvalue weighted by Crippen LogP contribution is 2.31. The summed E-state index contributed by atoms with van der Waals surface area (Å²) in [7, 11) is 0. The van der Waals surface area contributed by atoms with Gasteiger partial charge in [0.2, 0.25) is 5.91 Å². The van der Waals surface area contributed by atoms with Gasteiger partial charge in [-0.25, -0.2) is 0 Å². The van der Waals surface area contributed by atoms with Gasteiger partial charge in [0.25, 0.3) is 5.69 Å². The first-order valence-electron chi connectivity index (χ1n) is 7.89. The summed E-state index contributed by atoms with van der Waals surface area (Å²) in [6, 6.07) is 5.64. The molecular weight excluding hydrogens is 435 g/mol. The summed E-state index contributed by atoms with van der Waals surface area (Å²) >= 11 is 6.83. The molecule has 8 nitrogen and oxygen atoms in total. The number of carbonyl (C=O) groups excluding carboxylic acids is 1. The SMILES string of the molecule is CC(Sc1nnc2ccc(C(F)(F)F)cn12)C(=O)Nc1cc([N+](=O)[O-])ccc1Cl. The Bertz CT molecular complexity index is 1110. The van der Waals surface area contributed by atoms with Gasteiger partial charge < -0.3 is 5.32 Å². The molecule has 1 aromatic carbocycles. The van der Waals surface area contributed by atoms with Crippen molar-refractivity contribution in [3.8, 4) is 0 Å². The summed E-state index contributed by atoms with van der Waals surface area (Å²) in [5.74, 6) is -0.568. The van der Waals surface area contributed by atoms with Crippen LogP contribution in [0.25, 0.3) is 5.65 Å². The lowest BCUT2D eigenvalue weighted by Crippen LogP contribution is -2.23. The number of non-ortho nitro benzene ring substituents is 1. The van der Waals surface area contributed by atoms with E-state index in [0.29, 0.717) is 0 Å². The zero-order valence-electron chi connectivity index (χ0n) is 14.5. The van der Waals surface area contributed by atoms with Crippen molar-refractivity contribution >= 4 is 46.3 Å². The molecule has 0 fully saturated rings. The van der Waals surface area contributed by atoms with Crippen LogP contribution in [0, 0.1) is 10.1 Å². The molecule has 13 heteroatoms. The molecule has 0 aliphatic heterocycles. The lowest BCUT2D eigenvalue weighted by Gasteiger charge is -2.12. The maximum absolute atomic E-state index is 12.9. The van der Waals surface area contributed by atoms with Crippen LogP contribution in [0.2, 0.25) is 5.02 Å². The average Bonchev–Trinajstić information content (AvgIpc) is 3.04. The Morgan fingerprint density at radius 2 is 2.03 bits per heavy atom. The van der Waals surface area contributed by atoms with Crippen LogP contribution in [0.5, 0.6) is 0 Å². The molecule has 2 heterocycles. The summed E-state index contributed by atoms with van der Waals surface area (Å²) in [6.45, 7) is 1.50. The van der Waals surface area contributed by atoms with E-state index in [2.05, 4.69) is 15.5 Å². The first-order valence-corrected chi connectivity index (χ1v) is 9.15. The number of nitro groups is 1. The van der Waals surface area contributed by atoms with Gasteiger partial charge in [-0.15, -0.1) is 10.2 Å². The number of nitro benzene ring substituents is 1. The molecule has 0 aliphatic rings. The molecule has 0 spiro atoms. The van der Waals surface area contributed by atoms with E-state index in [-0.39, 0.29) is 27.2 Å². The maximum atomic E-state index is 12.9. The number of carbonyl (C=O) groups is 1. The van der Waals surface area contributed by atoms with Crippen molar-refractivity contribution in [3.63, 3.8) is 0 Å². The normalized spacial score (nSPS) is 12.7. The Labute approximate surface area is 170 Å². The van der Waals surface area contributed by atoms with Gasteiger partial charge >= 0.3 is 6.18 Å². The highest BCUT2D eigenvalue weighted by Gasteiger charge is 2.31. The monoisotopic (exact) mass is 445 g/mol. The smallest absolute Gasteiger partial charge is 0.324 e. The van der Waals surface area contributed by atoms with E-state index < -0.39 is 27.8 Å². The number of benzene rings is 1. The van der Waals surface area contributed by atoms with Gasteiger partial charge in [-0.3, -0.25) is 19.3 Å². The number of aromatic nitrogens is 3. The summed E-state index contributed by atoms with van der Waals surface area (Å²) in [5, 5.41) is 20.3. The van der Waals surface area contributed by atoms with Crippen molar-refractivity contribution in [2.45, 2.75) is 23.5 Å². The maximum Gasteiger partial charge on any atom is 0.417 e. The number of halogens is 4. The average molecular weight is 446 g/mol. The molecule has 0 radical (unpaired) electrons. The summed E-state index contributed by atoms with van der Waals surface area (Å²) < 4.78 is 39.9. The number of fused-ring (bicyclic) bond motifs is 1. The highest BCUT2D eigenvalue weighted by atomic mass is 35.5. The molecule has 0 aliphatic carbocycles. The van der Waals surface area contributed by atoms with Crippen molar-refractivity contribution in [3.05, 3.63) is 57.2 Å². The van der Waals surface area contributed by atoms with Crippen molar-refractivity contribution in [2.75, 3.05) is 5.32 Å². The molecule has 3 rings (SSSR count). The Kier molecular flexibility index (Phi) is 5.66. The third kappa shape index (κ3) is 4.59. The predicted octanol–water partition coefficient (Wildman–Crippen LogP) is 4.43. The topological polar surface area (TPSA) is 102 Å². The van der Waals surface area contributed by atoms with Crippen LogP contribution in [0.4, 0.5) is 24.5 Å². The number of alkyl halides is 3. The Balaban J connectivity index is 1.80. The lowest BCUT2D eigenvalue weighted by molar-refractivity contribution is -0.384. The number of thioether (sulfide) groups is 1. The molecule has 0 saturated carbocycles. The number of hydrogen-bond acceptors (Lipinski definition) is 6. The van der Waals surface area contributed by atoms with Crippen molar-refractivity contribution < 1.29 is 22.9 Å². The number of rotatable bonds is 5. The highest BCUT2D eigenvalue weighted by molar-refractivity contribution is 8.00. The van der Waals surface area contributed by atoms with Crippen LogP contribution in [-0.4, -0.2) is 30.7 Å². The van der Waals surface area contributed by atoms with E-state index in [0.717, 1.165) is 34.5 Å². The van der Waals surface area contributed by atoms with Gasteiger partial charge in [0.05, 0.1) is 26.4 Å². The molecule has 0 saturated heterocycles. The molecule has 29 heavy (non-hydrogen) atoms. The van der Waals surface area contributed by atoms with Crippen molar-refractivity contribution in [2.24, 2.45) is 0 Å². The predicted molar refractivity (Wildman–Crippen MR) is 100 cm³/mol. The van der Waals surface area contributed by atoms with E-state index in [9.17, 15) is 28.1 Å². The van der Waals surface area contributed by atoms with E-state index in [1.165, 1.54) is 25.1 Å². The fraction of sp³-hybridized carbons (Fsp3) is 0.188. The van der Waals surface area contributed by atoms with E-state index in [1.54, 1.807) is 0 Å². The van der Waals surface area contributed by atoms with Crippen LogP contribution in [-0.2, 0) is 11.0 Å². The number of anilines is 1. The second-order valence-corrected chi connectivity index (χ2v) is 7.51. The molecule has 3 aromatic rings. The number of hydrogen-bond donors (Lipinski definition) is 1. The first kappa shape index (κ1) is 20.9. The van der Waals surface area contributed by atoms with Crippen LogP contribution in [0.15, 0.2) is 41.7 Å². The molecule has 1 amide bonds. The minimum absolute atomic E-state index is 0.0452. The third-order valence-corrected chi connectivity index (χ3v) is 5.15. The van der Waals surface area contributed by atoms with Crippen molar-refractivity contribution in [1.82, 2.24) is 14.6 Å². The Morgan fingerprint density at radius 3 is 2.69 bits per heavy atom. The van der Waals surface area contributed by atoms with Crippen molar-refractivity contribution in [1.29, 1.82) is 0 Å². The third-order valence-electron chi connectivity index (χ3n) is 3.77.